The fourth-order valence-electron chi connectivity index (χ4n) is 1.07. The number of aromatic nitrogens is 3. The van der Waals surface area contributed by atoms with E-state index in [-0.39, 0.29) is 0 Å². The van der Waals surface area contributed by atoms with Crippen molar-refractivity contribution >= 4 is 11.3 Å². The summed E-state index contributed by atoms with van der Waals surface area (Å²) < 4.78 is 0. The van der Waals surface area contributed by atoms with Crippen LogP contribution >= 0.6 is 11.3 Å². The van der Waals surface area contributed by atoms with Gasteiger partial charge in [0, 0.05) is 17.5 Å². The summed E-state index contributed by atoms with van der Waals surface area (Å²) in [5.74, 6) is 0. The lowest BCUT2D eigenvalue weighted by molar-refractivity contribution is 1.03. The molecule has 4 heteroatoms. The quantitative estimate of drug-likeness (QED) is 0.726. The van der Waals surface area contributed by atoms with E-state index in [1.54, 1.807) is 6.20 Å². The Bertz CT molecular complexity index is 384. The highest BCUT2D eigenvalue weighted by Crippen LogP contribution is 2.19. The van der Waals surface area contributed by atoms with Gasteiger partial charge in [-0.3, -0.25) is 4.98 Å². The first-order chi connectivity index (χ1) is 6.40. The van der Waals surface area contributed by atoms with Crippen molar-refractivity contribution in [2.24, 2.45) is 0 Å². The number of aryl methyl sites for hydroxylation is 1. The minimum atomic E-state index is 0.900. The largest absolute Gasteiger partial charge is 0.261 e. The topological polar surface area (TPSA) is 38.7 Å². The van der Waals surface area contributed by atoms with Gasteiger partial charge in [0.2, 0.25) is 0 Å². The second-order valence-corrected chi connectivity index (χ2v) is 3.36. The van der Waals surface area contributed by atoms with E-state index < -0.39 is 0 Å². The van der Waals surface area contributed by atoms with Crippen molar-refractivity contribution in [3.05, 3.63) is 29.5 Å². The fourth-order valence-corrected chi connectivity index (χ4v) is 1.57. The standard InChI is InChI=1S/C9H8N3S/c1-2-8-5-7(3-4-10-8)9-12-11-6-13-9/h3-5H,2H2,1H3. The van der Waals surface area contributed by atoms with E-state index in [2.05, 4.69) is 27.6 Å². The molecule has 0 unspecified atom stereocenters. The SMILES string of the molecule is CCc1cc(-c2nn[c]s2)ccn1. The van der Waals surface area contributed by atoms with Crippen LogP contribution < -0.4 is 0 Å². The molecule has 2 aromatic rings. The van der Waals surface area contributed by atoms with E-state index in [0.29, 0.717) is 0 Å². The second-order valence-electron chi connectivity index (χ2n) is 2.59. The Morgan fingerprint density at radius 3 is 3.15 bits per heavy atom. The molecule has 3 nitrogen and oxygen atoms in total. The van der Waals surface area contributed by atoms with Crippen LogP contribution in [0.3, 0.4) is 0 Å². The van der Waals surface area contributed by atoms with Gasteiger partial charge in [-0.25, -0.2) is 0 Å². The maximum Gasteiger partial charge on any atom is 0.178 e. The van der Waals surface area contributed by atoms with Crippen molar-refractivity contribution in [3.63, 3.8) is 0 Å². The third-order valence-corrected chi connectivity index (χ3v) is 2.43. The van der Waals surface area contributed by atoms with E-state index in [0.717, 1.165) is 22.7 Å². The molecule has 0 N–H and O–H groups in total. The molecule has 2 heterocycles. The lowest BCUT2D eigenvalue weighted by atomic mass is 10.2. The summed E-state index contributed by atoms with van der Waals surface area (Å²) in [5, 5.41) is 8.52. The number of nitrogens with zero attached hydrogens (tertiary/aromatic N) is 3. The number of hydrogen-bond acceptors (Lipinski definition) is 4. The molecule has 0 saturated heterocycles. The molecule has 0 fully saturated rings. The zero-order valence-corrected chi connectivity index (χ0v) is 8.01. The molecule has 0 spiro atoms. The van der Waals surface area contributed by atoms with Crippen LogP contribution in [0.4, 0.5) is 0 Å². The van der Waals surface area contributed by atoms with E-state index in [4.69, 9.17) is 0 Å². The van der Waals surface area contributed by atoms with Gasteiger partial charge >= 0.3 is 0 Å². The van der Waals surface area contributed by atoms with Crippen molar-refractivity contribution in [2.75, 3.05) is 0 Å². The van der Waals surface area contributed by atoms with E-state index >= 15 is 0 Å². The molecule has 0 saturated carbocycles. The summed E-state index contributed by atoms with van der Waals surface area (Å²) in [6.07, 6.45) is 2.74. The molecule has 0 aromatic carbocycles. The van der Waals surface area contributed by atoms with E-state index in [1.165, 1.54) is 11.3 Å². The fraction of sp³-hybridized carbons (Fsp3) is 0.222. The highest BCUT2D eigenvalue weighted by Gasteiger charge is 2.01. The van der Waals surface area contributed by atoms with Gasteiger partial charge in [0.05, 0.1) is 0 Å². The maximum atomic E-state index is 4.21. The van der Waals surface area contributed by atoms with E-state index in [1.807, 2.05) is 12.1 Å². The Labute approximate surface area is 80.5 Å². The van der Waals surface area contributed by atoms with Crippen LogP contribution in [0, 0.1) is 5.51 Å². The molecule has 0 aliphatic carbocycles. The maximum absolute atomic E-state index is 4.21. The van der Waals surface area contributed by atoms with Crippen LogP contribution in [-0.2, 0) is 6.42 Å². The van der Waals surface area contributed by atoms with Crippen LogP contribution in [-0.4, -0.2) is 15.2 Å². The monoisotopic (exact) mass is 190 g/mol. The molecular weight excluding hydrogens is 182 g/mol. The van der Waals surface area contributed by atoms with Gasteiger partial charge in [0.1, 0.15) is 5.01 Å². The molecule has 2 aromatic heterocycles. The van der Waals surface area contributed by atoms with Crippen molar-refractivity contribution in [1.29, 1.82) is 0 Å². The van der Waals surface area contributed by atoms with Gasteiger partial charge in [-0.15, -0.1) is 10.2 Å². The highest BCUT2D eigenvalue weighted by atomic mass is 32.1. The normalized spacial score (nSPS) is 10.2. The Hall–Kier alpha value is -1.29. The highest BCUT2D eigenvalue weighted by molar-refractivity contribution is 7.12. The lowest BCUT2D eigenvalue weighted by Crippen LogP contribution is -1.86. The van der Waals surface area contributed by atoms with Gasteiger partial charge in [-0.05, 0) is 18.6 Å². The molecule has 0 bridgehead atoms. The van der Waals surface area contributed by atoms with Gasteiger partial charge in [-0.2, -0.15) is 0 Å². The molecule has 13 heavy (non-hydrogen) atoms. The smallest absolute Gasteiger partial charge is 0.178 e. The molecule has 0 aliphatic rings. The Kier molecular flexibility index (Phi) is 2.31. The Morgan fingerprint density at radius 2 is 2.46 bits per heavy atom. The summed E-state index contributed by atoms with van der Waals surface area (Å²) in [7, 11) is 0. The van der Waals surface area contributed by atoms with E-state index in [9.17, 15) is 0 Å². The lowest BCUT2D eigenvalue weighted by Gasteiger charge is -1.97. The summed E-state index contributed by atoms with van der Waals surface area (Å²) in [5.41, 5.74) is 4.88. The molecular formula is C9H8N3S. The Balaban J connectivity index is 2.41. The predicted molar refractivity (Wildman–Crippen MR) is 51.4 cm³/mol. The zero-order chi connectivity index (χ0) is 9.10. The summed E-state index contributed by atoms with van der Waals surface area (Å²) in [6.45, 7) is 2.08. The minimum absolute atomic E-state index is 0.900. The molecule has 2 rings (SSSR count). The number of hydrogen-bond donors (Lipinski definition) is 0. The number of pyridine rings is 1. The van der Waals surface area contributed by atoms with Crippen LogP contribution in [0.25, 0.3) is 10.6 Å². The third-order valence-electron chi connectivity index (χ3n) is 1.75. The molecule has 0 aliphatic heterocycles. The van der Waals surface area contributed by atoms with Gasteiger partial charge in [-0.1, -0.05) is 18.3 Å². The minimum Gasteiger partial charge on any atom is -0.261 e. The Morgan fingerprint density at radius 1 is 1.54 bits per heavy atom. The van der Waals surface area contributed by atoms with Crippen LogP contribution in [0.1, 0.15) is 12.6 Å². The predicted octanol–water partition coefficient (Wildman–Crippen LogP) is 1.96. The molecule has 0 atom stereocenters. The van der Waals surface area contributed by atoms with Gasteiger partial charge < -0.3 is 0 Å². The first kappa shape index (κ1) is 8.31. The zero-order valence-electron chi connectivity index (χ0n) is 7.19. The molecule has 1 radical (unpaired) electrons. The molecule has 65 valence electrons. The van der Waals surface area contributed by atoms with Crippen molar-refractivity contribution < 1.29 is 0 Å². The first-order valence-corrected chi connectivity index (χ1v) is 4.86. The van der Waals surface area contributed by atoms with Crippen LogP contribution in [0.15, 0.2) is 18.3 Å². The van der Waals surface area contributed by atoms with Crippen molar-refractivity contribution in [1.82, 2.24) is 15.2 Å². The van der Waals surface area contributed by atoms with Crippen LogP contribution in [0.2, 0.25) is 0 Å². The summed E-state index contributed by atoms with van der Waals surface area (Å²) >= 11 is 1.42. The van der Waals surface area contributed by atoms with Crippen molar-refractivity contribution in [2.45, 2.75) is 13.3 Å². The van der Waals surface area contributed by atoms with Crippen molar-refractivity contribution in [3.8, 4) is 10.6 Å². The average Bonchev–Trinajstić information content (AvgIpc) is 2.71. The summed E-state index contributed by atoms with van der Waals surface area (Å²) in [4.78, 5) is 4.21. The second kappa shape index (κ2) is 3.62. The first-order valence-electron chi connectivity index (χ1n) is 4.05. The number of rotatable bonds is 2. The molecule has 0 amide bonds. The van der Waals surface area contributed by atoms with Gasteiger partial charge in [0.15, 0.2) is 5.51 Å². The van der Waals surface area contributed by atoms with Crippen LogP contribution in [0.5, 0.6) is 0 Å². The average molecular weight is 190 g/mol. The third kappa shape index (κ3) is 1.72. The van der Waals surface area contributed by atoms with Gasteiger partial charge in [0.25, 0.3) is 0 Å². The summed E-state index contributed by atoms with van der Waals surface area (Å²) in [6, 6.07) is 3.97.